The number of aliphatic imine (C=N–C) groups is 1. The fourth-order valence-corrected chi connectivity index (χ4v) is 3.78. The molecule has 1 atom stereocenters. The van der Waals surface area contributed by atoms with Crippen molar-refractivity contribution in [2.45, 2.75) is 44.6 Å². The average molecular weight is 380 g/mol. The van der Waals surface area contributed by atoms with Crippen LogP contribution in [0.15, 0.2) is 29.3 Å². The predicted molar refractivity (Wildman–Crippen MR) is 104 cm³/mol. The molecule has 1 aromatic carbocycles. The molecule has 0 spiro atoms. The molecule has 0 aliphatic carbocycles. The summed E-state index contributed by atoms with van der Waals surface area (Å²) >= 11 is 0. The third kappa shape index (κ3) is 5.79. The Bertz CT molecular complexity index is 618. The molecule has 7 heteroatoms. The number of hydrogen-bond donors (Lipinski definition) is 2. The number of rotatable bonds is 6. The second kappa shape index (κ2) is 9.88. The molecule has 0 radical (unpaired) electrons. The summed E-state index contributed by atoms with van der Waals surface area (Å²) < 4.78 is 30.8. The first kappa shape index (κ1) is 19.9. The van der Waals surface area contributed by atoms with Crippen molar-refractivity contribution in [2.75, 3.05) is 39.3 Å². The summed E-state index contributed by atoms with van der Waals surface area (Å²) in [5, 5.41) is 6.80. The van der Waals surface area contributed by atoms with E-state index in [-0.39, 0.29) is 12.6 Å². The second-order valence-electron chi connectivity index (χ2n) is 7.20. The van der Waals surface area contributed by atoms with Crippen LogP contribution in [-0.2, 0) is 0 Å². The molecule has 2 N–H and O–H groups in total. The molecule has 3 rings (SSSR count). The van der Waals surface area contributed by atoms with E-state index in [0.717, 1.165) is 44.1 Å². The summed E-state index contributed by atoms with van der Waals surface area (Å²) in [5.74, 6) is 2.14. The molecular weight excluding hydrogens is 350 g/mol. The van der Waals surface area contributed by atoms with Crippen LogP contribution in [0.1, 0.15) is 37.7 Å². The van der Waals surface area contributed by atoms with Crippen LogP contribution >= 0.6 is 0 Å². The van der Waals surface area contributed by atoms with Gasteiger partial charge in [0, 0.05) is 38.1 Å². The summed E-state index contributed by atoms with van der Waals surface area (Å²) in [6.07, 6.45) is 0.427. The van der Waals surface area contributed by atoms with E-state index in [9.17, 15) is 8.78 Å². The van der Waals surface area contributed by atoms with Gasteiger partial charge in [-0.25, -0.2) is 8.78 Å². The highest BCUT2D eigenvalue weighted by molar-refractivity contribution is 5.80. The quantitative estimate of drug-likeness (QED) is 0.589. The fourth-order valence-electron chi connectivity index (χ4n) is 3.78. The third-order valence-corrected chi connectivity index (χ3v) is 5.22. The van der Waals surface area contributed by atoms with Crippen molar-refractivity contribution < 1.29 is 13.5 Å². The molecule has 5 nitrogen and oxygen atoms in total. The molecule has 0 aromatic heterocycles. The average Bonchev–Trinajstić information content (AvgIpc) is 2.67. The minimum absolute atomic E-state index is 0.121. The number of para-hydroxylation sites is 1. The molecule has 0 saturated carbocycles. The maximum Gasteiger partial charge on any atom is 0.251 e. The van der Waals surface area contributed by atoms with Gasteiger partial charge in [0.15, 0.2) is 5.96 Å². The summed E-state index contributed by atoms with van der Waals surface area (Å²) in [6, 6.07) is 8.45. The zero-order valence-corrected chi connectivity index (χ0v) is 16.0. The largest absolute Gasteiger partial charge is 0.493 e. The maximum atomic E-state index is 12.5. The number of ether oxygens (including phenoxy) is 1. The third-order valence-electron chi connectivity index (χ3n) is 5.22. The summed E-state index contributed by atoms with van der Waals surface area (Å²) in [7, 11) is 0. The molecule has 0 amide bonds. The number of piperidine rings is 1. The van der Waals surface area contributed by atoms with Gasteiger partial charge in [-0.15, -0.1) is 0 Å². The van der Waals surface area contributed by atoms with Crippen LogP contribution in [0.4, 0.5) is 8.78 Å². The number of nitrogens with one attached hydrogen (secondary N) is 2. The van der Waals surface area contributed by atoms with Crippen molar-refractivity contribution >= 4 is 5.96 Å². The summed E-state index contributed by atoms with van der Waals surface area (Å²) in [6.45, 7) is 5.56. The molecule has 0 bridgehead atoms. The molecule has 150 valence electrons. The van der Waals surface area contributed by atoms with E-state index >= 15 is 0 Å². The molecule has 2 aliphatic heterocycles. The Morgan fingerprint density at radius 1 is 1.26 bits per heavy atom. The van der Waals surface area contributed by atoms with E-state index in [1.165, 1.54) is 5.56 Å². The van der Waals surface area contributed by atoms with E-state index in [2.05, 4.69) is 16.7 Å². The van der Waals surface area contributed by atoms with Crippen LogP contribution in [0, 0.1) is 0 Å². The number of halogens is 2. The first-order valence-electron chi connectivity index (χ1n) is 9.92. The number of alkyl halides is 2. The van der Waals surface area contributed by atoms with Gasteiger partial charge in [0.1, 0.15) is 5.75 Å². The van der Waals surface area contributed by atoms with Crippen molar-refractivity contribution in [3.63, 3.8) is 0 Å². The number of guanidine groups is 1. The van der Waals surface area contributed by atoms with Crippen molar-refractivity contribution in [1.29, 1.82) is 0 Å². The van der Waals surface area contributed by atoms with Crippen LogP contribution < -0.4 is 15.4 Å². The summed E-state index contributed by atoms with van der Waals surface area (Å²) in [5.41, 5.74) is 1.23. The minimum Gasteiger partial charge on any atom is -0.493 e. The Labute approximate surface area is 160 Å². The van der Waals surface area contributed by atoms with Crippen LogP contribution in [0.3, 0.4) is 0 Å². The first-order valence-corrected chi connectivity index (χ1v) is 9.92. The standard InChI is InChI=1S/C20H30F2N4O/c1-2-23-20(25-16-7-10-26(11-8-16)14-19(21)22)24-13-15-9-12-27-18-6-4-3-5-17(15)18/h3-6,15-16,19H,2,7-14H2,1H3,(H2,23,24,25). The lowest BCUT2D eigenvalue weighted by atomic mass is 9.93. The molecular formula is C20H30F2N4O. The number of likely N-dealkylation sites (tertiary alicyclic amines) is 1. The number of benzene rings is 1. The van der Waals surface area contributed by atoms with Gasteiger partial charge in [-0.3, -0.25) is 9.89 Å². The molecule has 1 fully saturated rings. The van der Waals surface area contributed by atoms with Crippen LogP contribution in [-0.4, -0.2) is 62.7 Å². The zero-order chi connectivity index (χ0) is 19.1. The summed E-state index contributed by atoms with van der Waals surface area (Å²) in [4.78, 5) is 6.64. The lowest BCUT2D eigenvalue weighted by molar-refractivity contribution is 0.0744. The maximum absolute atomic E-state index is 12.5. The van der Waals surface area contributed by atoms with Gasteiger partial charge < -0.3 is 15.4 Å². The Morgan fingerprint density at radius 2 is 2.04 bits per heavy atom. The van der Waals surface area contributed by atoms with E-state index < -0.39 is 6.43 Å². The van der Waals surface area contributed by atoms with Gasteiger partial charge in [0.2, 0.25) is 0 Å². The van der Waals surface area contributed by atoms with Gasteiger partial charge >= 0.3 is 0 Å². The monoisotopic (exact) mass is 380 g/mol. The Kier molecular flexibility index (Phi) is 7.26. The van der Waals surface area contributed by atoms with Gasteiger partial charge in [-0.2, -0.15) is 0 Å². The van der Waals surface area contributed by atoms with Gasteiger partial charge in [0.05, 0.1) is 13.2 Å². The lowest BCUT2D eigenvalue weighted by Gasteiger charge is -2.33. The highest BCUT2D eigenvalue weighted by atomic mass is 19.3. The normalized spacial score (nSPS) is 21.6. The predicted octanol–water partition coefficient (Wildman–Crippen LogP) is 2.84. The molecule has 1 saturated heterocycles. The van der Waals surface area contributed by atoms with Crippen molar-refractivity contribution in [3.8, 4) is 5.75 Å². The zero-order valence-electron chi connectivity index (χ0n) is 16.0. The Morgan fingerprint density at radius 3 is 2.78 bits per heavy atom. The van der Waals surface area contributed by atoms with Crippen molar-refractivity contribution in [3.05, 3.63) is 29.8 Å². The van der Waals surface area contributed by atoms with E-state index in [1.807, 2.05) is 30.0 Å². The number of hydrogen-bond acceptors (Lipinski definition) is 3. The Balaban J connectivity index is 1.55. The molecule has 2 heterocycles. The van der Waals surface area contributed by atoms with Crippen LogP contribution in [0.2, 0.25) is 0 Å². The van der Waals surface area contributed by atoms with Crippen molar-refractivity contribution in [2.24, 2.45) is 4.99 Å². The second-order valence-corrected chi connectivity index (χ2v) is 7.20. The lowest BCUT2D eigenvalue weighted by Crippen LogP contribution is -2.49. The van der Waals surface area contributed by atoms with E-state index in [1.54, 1.807) is 0 Å². The Hall–Kier alpha value is -1.89. The number of fused-ring (bicyclic) bond motifs is 1. The smallest absolute Gasteiger partial charge is 0.251 e. The number of nitrogens with zero attached hydrogens (tertiary/aromatic N) is 2. The molecule has 1 unspecified atom stereocenters. The molecule has 2 aliphatic rings. The van der Waals surface area contributed by atoms with E-state index in [4.69, 9.17) is 9.73 Å². The topological polar surface area (TPSA) is 48.9 Å². The van der Waals surface area contributed by atoms with Crippen LogP contribution in [0.25, 0.3) is 0 Å². The first-order chi connectivity index (χ1) is 13.2. The highest BCUT2D eigenvalue weighted by Gasteiger charge is 2.23. The fraction of sp³-hybridized carbons (Fsp3) is 0.650. The van der Waals surface area contributed by atoms with Crippen molar-refractivity contribution in [1.82, 2.24) is 15.5 Å². The van der Waals surface area contributed by atoms with Gasteiger partial charge in [0.25, 0.3) is 6.43 Å². The highest BCUT2D eigenvalue weighted by Crippen LogP contribution is 2.33. The molecule has 27 heavy (non-hydrogen) atoms. The SMILES string of the molecule is CCNC(=NCC1CCOc2ccccc21)NC1CCN(CC(F)F)CC1. The minimum atomic E-state index is -2.25. The van der Waals surface area contributed by atoms with Gasteiger partial charge in [-0.1, -0.05) is 18.2 Å². The van der Waals surface area contributed by atoms with Gasteiger partial charge in [-0.05, 0) is 37.8 Å². The molecule has 1 aromatic rings. The van der Waals surface area contributed by atoms with E-state index in [0.29, 0.717) is 25.6 Å². The van der Waals surface area contributed by atoms with Crippen LogP contribution in [0.5, 0.6) is 5.75 Å².